The molecule has 1 atom stereocenters. The van der Waals surface area contributed by atoms with Gasteiger partial charge in [0.05, 0.1) is 5.02 Å². The predicted molar refractivity (Wildman–Crippen MR) is 70.8 cm³/mol. The lowest BCUT2D eigenvalue weighted by molar-refractivity contribution is 0.308. The van der Waals surface area contributed by atoms with Crippen LogP contribution in [0.25, 0.3) is 0 Å². The number of halogens is 3. The molecule has 0 bridgehead atoms. The molecule has 0 aliphatic heterocycles. The Balaban J connectivity index is 2.55. The second-order valence-corrected chi connectivity index (χ2v) is 4.90. The molecule has 0 aliphatic rings. The first kappa shape index (κ1) is 15.3. The zero-order valence-corrected chi connectivity index (χ0v) is 11.7. The molecular weight excluding hydrogens is 258 g/mol. The first-order chi connectivity index (χ1) is 8.43. The van der Waals surface area contributed by atoms with Gasteiger partial charge in [-0.3, -0.25) is 0 Å². The van der Waals surface area contributed by atoms with Gasteiger partial charge < -0.3 is 10.2 Å². The minimum absolute atomic E-state index is 0.185. The highest BCUT2D eigenvalue weighted by Crippen LogP contribution is 2.19. The molecular formula is C13H19ClF2N2. The Labute approximate surface area is 112 Å². The van der Waals surface area contributed by atoms with Gasteiger partial charge in [-0.1, -0.05) is 18.5 Å². The Morgan fingerprint density at radius 1 is 1.33 bits per heavy atom. The molecule has 102 valence electrons. The van der Waals surface area contributed by atoms with Crippen molar-refractivity contribution in [2.24, 2.45) is 0 Å². The highest BCUT2D eigenvalue weighted by Gasteiger charge is 2.10. The number of hydrogen-bond acceptors (Lipinski definition) is 2. The molecule has 0 aromatic heterocycles. The van der Waals surface area contributed by atoms with Crippen LogP contribution in [0.15, 0.2) is 12.1 Å². The molecule has 5 heteroatoms. The molecule has 0 saturated carbocycles. The SMILES string of the molecule is CCN(C)CC(C)NCc1cc(F)c(Cl)cc1F. The molecule has 0 saturated heterocycles. The summed E-state index contributed by atoms with van der Waals surface area (Å²) >= 11 is 5.49. The first-order valence-electron chi connectivity index (χ1n) is 5.99. The summed E-state index contributed by atoms with van der Waals surface area (Å²) in [6.45, 7) is 6.18. The van der Waals surface area contributed by atoms with Crippen LogP contribution in [-0.4, -0.2) is 31.1 Å². The molecule has 1 aromatic rings. The summed E-state index contributed by atoms with van der Waals surface area (Å²) in [7, 11) is 2.01. The van der Waals surface area contributed by atoms with Crippen molar-refractivity contribution in [3.8, 4) is 0 Å². The van der Waals surface area contributed by atoms with Crippen molar-refractivity contribution >= 4 is 11.6 Å². The maximum atomic E-state index is 13.5. The van der Waals surface area contributed by atoms with Gasteiger partial charge in [0.15, 0.2) is 0 Å². The van der Waals surface area contributed by atoms with Crippen LogP contribution in [-0.2, 0) is 6.54 Å². The molecule has 1 aromatic carbocycles. The fourth-order valence-corrected chi connectivity index (χ4v) is 1.79. The highest BCUT2D eigenvalue weighted by molar-refractivity contribution is 6.30. The third kappa shape index (κ3) is 4.52. The van der Waals surface area contributed by atoms with E-state index in [-0.39, 0.29) is 11.1 Å². The van der Waals surface area contributed by atoms with Gasteiger partial charge in [-0.25, -0.2) is 8.78 Å². The van der Waals surface area contributed by atoms with Crippen molar-refractivity contribution in [2.45, 2.75) is 26.4 Å². The Bertz CT molecular complexity index is 399. The minimum atomic E-state index is -0.590. The number of likely N-dealkylation sites (N-methyl/N-ethyl adjacent to an activating group) is 1. The van der Waals surface area contributed by atoms with Crippen molar-refractivity contribution in [1.82, 2.24) is 10.2 Å². The van der Waals surface area contributed by atoms with E-state index in [1.807, 2.05) is 14.0 Å². The third-order valence-corrected chi connectivity index (χ3v) is 3.15. The van der Waals surface area contributed by atoms with Crippen LogP contribution in [0.5, 0.6) is 0 Å². The van der Waals surface area contributed by atoms with Crippen LogP contribution in [0, 0.1) is 11.6 Å². The predicted octanol–water partition coefficient (Wildman–Crippen LogP) is 3.05. The van der Waals surface area contributed by atoms with E-state index in [0.717, 1.165) is 25.2 Å². The quantitative estimate of drug-likeness (QED) is 0.804. The maximum absolute atomic E-state index is 13.5. The third-order valence-electron chi connectivity index (χ3n) is 2.86. The molecule has 0 fully saturated rings. The van der Waals surface area contributed by atoms with Crippen LogP contribution in [0.4, 0.5) is 8.78 Å². The second kappa shape index (κ2) is 7.02. The zero-order chi connectivity index (χ0) is 13.7. The Hall–Kier alpha value is -0.710. The van der Waals surface area contributed by atoms with E-state index >= 15 is 0 Å². The fourth-order valence-electron chi connectivity index (χ4n) is 1.64. The van der Waals surface area contributed by atoms with Crippen molar-refractivity contribution in [3.05, 3.63) is 34.4 Å². The summed E-state index contributed by atoms with van der Waals surface area (Å²) in [6.07, 6.45) is 0. The number of hydrogen-bond donors (Lipinski definition) is 1. The highest BCUT2D eigenvalue weighted by atomic mass is 35.5. The van der Waals surface area contributed by atoms with Crippen LogP contribution >= 0.6 is 11.6 Å². The van der Waals surface area contributed by atoms with Crippen molar-refractivity contribution in [3.63, 3.8) is 0 Å². The second-order valence-electron chi connectivity index (χ2n) is 4.49. The normalized spacial score (nSPS) is 13.1. The average molecular weight is 277 g/mol. The summed E-state index contributed by atoms with van der Waals surface area (Å²) in [5, 5.41) is 2.98. The number of nitrogens with one attached hydrogen (secondary N) is 1. The number of nitrogens with zero attached hydrogens (tertiary/aromatic N) is 1. The largest absolute Gasteiger partial charge is 0.309 e. The van der Waals surface area contributed by atoms with Crippen molar-refractivity contribution in [1.29, 1.82) is 0 Å². The molecule has 0 amide bonds. The van der Waals surface area contributed by atoms with Crippen LogP contribution in [0.2, 0.25) is 5.02 Å². The molecule has 18 heavy (non-hydrogen) atoms. The van der Waals surface area contributed by atoms with Gasteiger partial charge in [-0.15, -0.1) is 0 Å². The van der Waals surface area contributed by atoms with E-state index in [1.165, 1.54) is 0 Å². The monoisotopic (exact) mass is 276 g/mol. The lowest BCUT2D eigenvalue weighted by atomic mass is 10.2. The van der Waals surface area contributed by atoms with Gasteiger partial charge in [0.2, 0.25) is 0 Å². The lowest BCUT2D eigenvalue weighted by Crippen LogP contribution is -2.37. The number of rotatable bonds is 6. The summed E-state index contributed by atoms with van der Waals surface area (Å²) in [4.78, 5) is 2.15. The van der Waals surface area contributed by atoms with Crippen molar-refractivity contribution in [2.75, 3.05) is 20.1 Å². The Kier molecular flexibility index (Phi) is 5.99. The van der Waals surface area contributed by atoms with E-state index in [4.69, 9.17) is 11.6 Å². The molecule has 1 N–H and O–H groups in total. The molecule has 2 nitrogen and oxygen atoms in total. The molecule has 0 aliphatic carbocycles. The summed E-state index contributed by atoms with van der Waals surface area (Å²) in [6, 6.07) is 2.35. The average Bonchev–Trinajstić information content (AvgIpc) is 2.32. The molecule has 0 spiro atoms. The van der Waals surface area contributed by atoms with Crippen LogP contribution < -0.4 is 5.32 Å². The molecule has 1 unspecified atom stereocenters. The van der Waals surface area contributed by atoms with E-state index in [0.29, 0.717) is 12.1 Å². The smallest absolute Gasteiger partial charge is 0.142 e. The van der Waals surface area contributed by atoms with Gasteiger partial charge in [-0.2, -0.15) is 0 Å². The zero-order valence-electron chi connectivity index (χ0n) is 10.9. The molecule has 0 heterocycles. The fraction of sp³-hybridized carbons (Fsp3) is 0.538. The summed E-state index contributed by atoms with van der Waals surface area (Å²) in [5.41, 5.74) is 0.294. The van der Waals surface area contributed by atoms with Gasteiger partial charge in [0.1, 0.15) is 11.6 Å². The minimum Gasteiger partial charge on any atom is -0.309 e. The number of benzene rings is 1. The Morgan fingerprint density at radius 3 is 2.61 bits per heavy atom. The van der Waals surface area contributed by atoms with Crippen molar-refractivity contribution < 1.29 is 8.78 Å². The Morgan fingerprint density at radius 2 is 2.00 bits per heavy atom. The van der Waals surface area contributed by atoms with Gasteiger partial charge >= 0.3 is 0 Å². The molecule has 0 radical (unpaired) electrons. The topological polar surface area (TPSA) is 15.3 Å². The van der Waals surface area contributed by atoms with E-state index in [2.05, 4.69) is 17.1 Å². The van der Waals surface area contributed by atoms with E-state index in [9.17, 15) is 8.78 Å². The van der Waals surface area contributed by atoms with Crippen LogP contribution in [0.1, 0.15) is 19.4 Å². The standard InChI is InChI=1S/C13H19ClF2N2/c1-4-18(3)8-9(2)17-7-10-5-13(16)11(14)6-12(10)15/h5-6,9,17H,4,7-8H2,1-3H3. The van der Waals surface area contributed by atoms with Crippen LogP contribution in [0.3, 0.4) is 0 Å². The molecule has 1 rings (SSSR count). The summed E-state index contributed by atoms with van der Waals surface area (Å²) < 4.78 is 26.7. The van der Waals surface area contributed by atoms with E-state index in [1.54, 1.807) is 0 Å². The van der Waals surface area contributed by atoms with Gasteiger partial charge in [-0.05, 0) is 32.6 Å². The van der Waals surface area contributed by atoms with E-state index < -0.39 is 11.6 Å². The van der Waals surface area contributed by atoms with Gasteiger partial charge in [0.25, 0.3) is 0 Å². The first-order valence-corrected chi connectivity index (χ1v) is 6.37. The lowest BCUT2D eigenvalue weighted by Gasteiger charge is -2.20. The maximum Gasteiger partial charge on any atom is 0.142 e. The van der Waals surface area contributed by atoms with Gasteiger partial charge in [0, 0.05) is 24.7 Å². The summed E-state index contributed by atoms with van der Waals surface area (Å²) in [5.74, 6) is -1.07.